The molecule has 2 N–H and O–H groups in total. The lowest BCUT2D eigenvalue weighted by Gasteiger charge is -2.19. The number of carboxylic acid groups (broad SMARTS) is 1. The second kappa shape index (κ2) is 19.4. The van der Waals surface area contributed by atoms with Gasteiger partial charge >= 0.3 is 18.7 Å². The molecular weight excluding hydrogens is 762 g/mol. The number of aryl methyl sites for hydroxylation is 2. The topological polar surface area (TPSA) is 129 Å². The number of ether oxygens (including phenoxy) is 4. The lowest BCUT2D eigenvalue weighted by Crippen LogP contribution is -2.19. The van der Waals surface area contributed by atoms with Gasteiger partial charge in [0.1, 0.15) is 28.7 Å². The van der Waals surface area contributed by atoms with Crippen molar-refractivity contribution in [2.75, 3.05) is 6.61 Å². The number of aromatic hydroxyl groups is 1. The highest BCUT2D eigenvalue weighted by molar-refractivity contribution is 6.11. The monoisotopic (exact) mass is 798 g/mol. The molecule has 0 aliphatic rings. The summed E-state index contributed by atoms with van der Waals surface area (Å²) in [4.78, 5) is 35.9. The fourth-order valence-electron chi connectivity index (χ4n) is 5.27. The number of halogens is 6. The number of ketones is 2. The molecule has 0 aliphatic heterocycles. The fraction of sp³-hybridized carbons (Fsp3) is 0.214. The Morgan fingerprint density at radius 2 is 1.18 bits per heavy atom. The van der Waals surface area contributed by atoms with Gasteiger partial charge in [0.2, 0.25) is 0 Å². The third-order valence-electron chi connectivity index (χ3n) is 7.99. The highest BCUT2D eigenvalue weighted by atomic mass is 19.4. The van der Waals surface area contributed by atoms with Gasteiger partial charge in [-0.3, -0.25) is 14.4 Å². The molecule has 1 unspecified atom stereocenters. The molecule has 0 saturated carbocycles. The largest absolute Gasteiger partial charge is 0.573 e. The molecule has 0 fully saturated rings. The highest BCUT2D eigenvalue weighted by Gasteiger charge is 2.33. The molecule has 0 amide bonds. The molecule has 15 heteroatoms. The van der Waals surface area contributed by atoms with Crippen LogP contribution in [0.3, 0.4) is 0 Å². The Morgan fingerprint density at radius 1 is 0.667 bits per heavy atom. The van der Waals surface area contributed by atoms with E-state index in [1.807, 2.05) is 19.1 Å². The van der Waals surface area contributed by atoms with E-state index in [-0.39, 0.29) is 35.5 Å². The summed E-state index contributed by atoms with van der Waals surface area (Å²) < 4.78 is 94.0. The highest BCUT2D eigenvalue weighted by Crippen LogP contribution is 2.32. The lowest BCUT2D eigenvalue weighted by molar-refractivity contribution is -0.275. The molecule has 0 aromatic heterocycles. The van der Waals surface area contributed by atoms with Crippen LogP contribution in [0.25, 0.3) is 0 Å². The Hall–Kier alpha value is -6.51. The zero-order valence-electron chi connectivity index (χ0n) is 30.4. The summed E-state index contributed by atoms with van der Waals surface area (Å²) in [7, 11) is 0. The van der Waals surface area contributed by atoms with Gasteiger partial charge < -0.3 is 29.2 Å². The number of carboxylic acids is 1. The van der Waals surface area contributed by atoms with Crippen molar-refractivity contribution in [2.24, 2.45) is 0 Å². The van der Waals surface area contributed by atoms with Crippen molar-refractivity contribution in [1.82, 2.24) is 0 Å². The van der Waals surface area contributed by atoms with Gasteiger partial charge in [-0.2, -0.15) is 0 Å². The van der Waals surface area contributed by atoms with Crippen molar-refractivity contribution >= 4 is 17.5 Å². The number of phenolic OH excluding ortho intramolecular Hbond substituents is 1. The van der Waals surface area contributed by atoms with Crippen LogP contribution < -0.4 is 18.9 Å². The van der Waals surface area contributed by atoms with Gasteiger partial charge in [0.05, 0.1) is 23.8 Å². The van der Waals surface area contributed by atoms with Crippen molar-refractivity contribution in [1.29, 1.82) is 0 Å². The third-order valence-corrected chi connectivity index (χ3v) is 7.99. The van der Waals surface area contributed by atoms with Gasteiger partial charge in [0.15, 0.2) is 11.6 Å². The van der Waals surface area contributed by atoms with E-state index in [4.69, 9.17) is 14.6 Å². The minimum Gasteiger partial charge on any atom is -0.507 e. The Kier molecular flexibility index (Phi) is 14.7. The first kappa shape index (κ1) is 43.2. The Bertz CT molecular complexity index is 2140. The summed E-state index contributed by atoms with van der Waals surface area (Å²) in [5.74, 6) is -2.67. The number of benzene rings is 5. The fourth-order valence-corrected chi connectivity index (χ4v) is 5.27. The number of aliphatic carboxylic acids is 1. The molecule has 57 heavy (non-hydrogen) atoms. The molecule has 5 aromatic rings. The molecular formula is C42H36F6O9. The van der Waals surface area contributed by atoms with Gasteiger partial charge in [-0.05, 0) is 79.9 Å². The van der Waals surface area contributed by atoms with Crippen LogP contribution in [0.15, 0.2) is 115 Å². The smallest absolute Gasteiger partial charge is 0.507 e. The summed E-state index contributed by atoms with van der Waals surface area (Å²) in [6, 6.07) is 27.7. The molecule has 0 bridgehead atoms. The minimum atomic E-state index is -4.90. The summed E-state index contributed by atoms with van der Waals surface area (Å²) in [5.41, 5.74) is 2.11. The molecule has 300 valence electrons. The van der Waals surface area contributed by atoms with E-state index in [1.165, 1.54) is 18.2 Å². The molecule has 1 atom stereocenters. The maximum Gasteiger partial charge on any atom is 0.573 e. The average molecular weight is 799 g/mol. The molecule has 0 aliphatic carbocycles. The number of rotatable bonds is 15. The van der Waals surface area contributed by atoms with Crippen molar-refractivity contribution < 1.29 is 69.9 Å². The van der Waals surface area contributed by atoms with Crippen LogP contribution in [-0.2, 0) is 11.2 Å². The predicted octanol–water partition coefficient (Wildman–Crippen LogP) is 9.90. The van der Waals surface area contributed by atoms with Crippen LogP contribution in [0.1, 0.15) is 62.7 Å². The molecule has 0 heterocycles. The summed E-state index contributed by atoms with van der Waals surface area (Å²) in [6.45, 7) is 3.93. The molecule has 0 spiro atoms. The van der Waals surface area contributed by atoms with E-state index in [9.17, 15) is 45.8 Å². The van der Waals surface area contributed by atoms with Crippen LogP contribution in [0.4, 0.5) is 26.3 Å². The van der Waals surface area contributed by atoms with Crippen molar-refractivity contribution in [3.8, 4) is 28.7 Å². The zero-order valence-corrected chi connectivity index (χ0v) is 30.4. The average Bonchev–Trinajstić information content (AvgIpc) is 3.15. The second-order valence-electron chi connectivity index (χ2n) is 12.4. The number of alkyl halides is 6. The van der Waals surface area contributed by atoms with Gasteiger partial charge in [0, 0.05) is 24.0 Å². The Labute approximate surface area is 323 Å². The minimum absolute atomic E-state index is 0.0479. The van der Waals surface area contributed by atoms with Crippen LogP contribution in [-0.4, -0.2) is 53.2 Å². The van der Waals surface area contributed by atoms with Crippen LogP contribution >= 0.6 is 0 Å². The van der Waals surface area contributed by atoms with Crippen LogP contribution in [0, 0.1) is 6.92 Å². The molecule has 0 saturated heterocycles. The van der Waals surface area contributed by atoms with Gasteiger partial charge in [-0.15, -0.1) is 26.3 Å². The Balaban J connectivity index is 0.000000302. The summed E-state index contributed by atoms with van der Waals surface area (Å²) in [6.07, 6.45) is -9.26. The van der Waals surface area contributed by atoms with E-state index in [0.29, 0.717) is 24.2 Å². The molecule has 5 aromatic carbocycles. The first-order valence-corrected chi connectivity index (χ1v) is 17.2. The maximum absolute atomic E-state index is 13.0. The number of phenols is 1. The van der Waals surface area contributed by atoms with Gasteiger partial charge in [-0.1, -0.05) is 66.7 Å². The van der Waals surface area contributed by atoms with Crippen LogP contribution in [0.5, 0.6) is 28.7 Å². The first-order valence-electron chi connectivity index (χ1n) is 17.2. The van der Waals surface area contributed by atoms with Crippen molar-refractivity contribution in [3.05, 3.63) is 149 Å². The van der Waals surface area contributed by atoms with E-state index in [2.05, 4.69) is 9.47 Å². The van der Waals surface area contributed by atoms with Gasteiger partial charge in [-0.25, -0.2) is 0 Å². The molecule has 5 rings (SSSR count). The van der Waals surface area contributed by atoms with Crippen LogP contribution in [0.2, 0.25) is 0 Å². The third kappa shape index (κ3) is 13.9. The Morgan fingerprint density at radius 3 is 1.70 bits per heavy atom. The van der Waals surface area contributed by atoms with Crippen molar-refractivity contribution in [3.63, 3.8) is 0 Å². The van der Waals surface area contributed by atoms with E-state index in [1.54, 1.807) is 61.5 Å². The zero-order chi connectivity index (χ0) is 41.8. The van der Waals surface area contributed by atoms with Crippen molar-refractivity contribution in [2.45, 2.75) is 51.9 Å². The molecule has 0 radical (unpaired) electrons. The standard InChI is InChI=1S/C28H27F3O6.C14H9F3O3/c1-18-16-22(10-8-20(18)9-13-26(32)33)35-15-14-19(2)36-25-12-11-23(37-28(29,30)31)17-24(25)27(34)21-6-4-3-5-7-21;15-14(16,17)20-10-6-7-12(18)11(8-10)13(19)9-4-2-1-3-5-9/h3-8,10-12,16-17,19H,9,13-15H2,1-2H3,(H,32,33);1-8,18H. The first-order chi connectivity index (χ1) is 26.9. The number of hydrogen-bond acceptors (Lipinski definition) is 8. The lowest BCUT2D eigenvalue weighted by atomic mass is 10.0. The molecule has 9 nitrogen and oxygen atoms in total. The summed E-state index contributed by atoms with van der Waals surface area (Å²) >= 11 is 0. The van der Waals surface area contributed by atoms with Gasteiger partial charge in [0.25, 0.3) is 0 Å². The number of carbonyl (C=O) groups is 3. The second-order valence-corrected chi connectivity index (χ2v) is 12.4. The van der Waals surface area contributed by atoms with E-state index in [0.717, 1.165) is 41.5 Å². The quantitative estimate of drug-likeness (QED) is 0.0786. The number of carbonyl (C=O) groups excluding carboxylic acids is 2. The maximum atomic E-state index is 13.0. The van der Waals surface area contributed by atoms with E-state index >= 15 is 0 Å². The predicted molar refractivity (Wildman–Crippen MR) is 195 cm³/mol. The van der Waals surface area contributed by atoms with E-state index < -0.39 is 53.6 Å². The SMILES string of the molecule is Cc1cc(OCCC(C)Oc2ccc(OC(F)(F)F)cc2C(=O)c2ccccc2)ccc1CCC(=O)O.O=C(c1ccccc1)c1cc(OC(F)(F)F)ccc1O. The number of hydrogen-bond donors (Lipinski definition) is 2. The normalized spacial score (nSPS) is 11.7. The summed E-state index contributed by atoms with van der Waals surface area (Å²) in [5, 5.41) is 18.5.